The molecule has 1 aliphatic rings. The van der Waals surface area contributed by atoms with Crippen LogP contribution in [0.4, 0.5) is 4.39 Å². The van der Waals surface area contributed by atoms with Gasteiger partial charge >= 0.3 is 0 Å². The molecule has 148 valence electrons. The van der Waals surface area contributed by atoms with Gasteiger partial charge in [-0.1, -0.05) is 30.3 Å². The molecule has 0 aromatic heterocycles. The molecule has 0 spiro atoms. The molecule has 3 rings (SSSR count). The van der Waals surface area contributed by atoms with Crippen molar-refractivity contribution in [3.05, 3.63) is 66.0 Å². The van der Waals surface area contributed by atoms with Crippen molar-refractivity contribution in [1.82, 2.24) is 9.80 Å². The SMILES string of the molecule is N#CC(CCCN1CCN(CCOc2ccc(F)cc2)CC1)c1ccccc1. The monoisotopic (exact) mass is 381 g/mol. The number of nitrogens with zero attached hydrogens (tertiary/aromatic N) is 3. The Labute approximate surface area is 167 Å². The van der Waals surface area contributed by atoms with E-state index < -0.39 is 0 Å². The van der Waals surface area contributed by atoms with E-state index >= 15 is 0 Å². The van der Waals surface area contributed by atoms with Gasteiger partial charge in [0.05, 0.1) is 12.0 Å². The average molecular weight is 381 g/mol. The fourth-order valence-electron chi connectivity index (χ4n) is 3.57. The summed E-state index contributed by atoms with van der Waals surface area (Å²) in [6.07, 6.45) is 1.95. The van der Waals surface area contributed by atoms with E-state index in [4.69, 9.17) is 4.74 Å². The number of nitriles is 1. The zero-order valence-electron chi connectivity index (χ0n) is 16.3. The highest BCUT2D eigenvalue weighted by Crippen LogP contribution is 2.20. The third-order valence-corrected chi connectivity index (χ3v) is 5.28. The fourth-order valence-corrected chi connectivity index (χ4v) is 3.57. The number of hydrogen-bond donors (Lipinski definition) is 0. The van der Waals surface area contributed by atoms with E-state index in [0.29, 0.717) is 12.4 Å². The zero-order valence-corrected chi connectivity index (χ0v) is 16.3. The maximum absolute atomic E-state index is 12.9. The van der Waals surface area contributed by atoms with Gasteiger partial charge in [-0.3, -0.25) is 4.90 Å². The van der Waals surface area contributed by atoms with Crippen LogP contribution in [0, 0.1) is 17.1 Å². The normalized spacial score (nSPS) is 16.4. The number of ether oxygens (including phenoxy) is 1. The zero-order chi connectivity index (χ0) is 19.6. The highest BCUT2D eigenvalue weighted by Gasteiger charge is 2.17. The van der Waals surface area contributed by atoms with E-state index in [2.05, 4.69) is 15.9 Å². The van der Waals surface area contributed by atoms with Gasteiger partial charge < -0.3 is 9.64 Å². The Morgan fingerprint density at radius 3 is 2.21 bits per heavy atom. The van der Waals surface area contributed by atoms with Crippen molar-refractivity contribution in [3.63, 3.8) is 0 Å². The van der Waals surface area contributed by atoms with E-state index in [9.17, 15) is 9.65 Å². The Balaban J connectivity index is 1.30. The quantitative estimate of drug-likeness (QED) is 0.660. The molecule has 1 saturated heterocycles. The number of rotatable bonds is 9. The number of halogens is 1. The van der Waals surface area contributed by atoms with E-state index in [1.165, 1.54) is 12.1 Å². The first-order chi connectivity index (χ1) is 13.7. The lowest BCUT2D eigenvalue weighted by molar-refractivity contribution is 0.115. The third kappa shape index (κ3) is 6.33. The summed E-state index contributed by atoms with van der Waals surface area (Å²) in [5.41, 5.74) is 1.12. The van der Waals surface area contributed by atoms with Gasteiger partial charge in [-0.05, 0) is 49.2 Å². The minimum atomic E-state index is -0.242. The summed E-state index contributed by atoms with van der Waals surface area (Å²) in [6.45, 7) is 6.73. The average Bonchev–Trinajstić information content (AvgIpc) is 2.74. The summed E-state index contributed by atoms with van der Waals surface area (Å²) in [5.74, 6) is 0.463. The smallest absolute Gasteiger partial charge is 0.123 e. The van der Waals surface area contributed by atoms with Crippen LogP contribution in [0.2, 0.25) is 0 Å². The van der Waals surface area contributed by atoms with Crippen LogP contribution < -0.4 is 4.74 Å². The highest BCUT2D eigenvalue weighted by molar-refractivity contribution is 5.24. The first-order valence-corrected chi connectivity index (χ1v) is 10.0. The second kappa shape index (κ2) is 10.8. The van der Waals surface area contributed by atoms with Gasteiger partial charge in [0.1, 0.15) is 18.2 Å². The molecule has 0 bridgehead atoms. The molecule has 2 aromatic rings. The lowest BCUT2D eigenvalue weighted by Gasteiger charge is -2.34. The summed E-state index contributed by atoms with van der Waals surface area (Å²) in [5, 5.41) is 9.43. The Hall–Kier alpha value is -2.42. The Morgan fingerprint density at radius 1 is 0.929 bits per heavy atom. The molecule has 4 nitrogen and oxygen atoms in total. The van der Waals surface area contributed by atoms with Crippen LogP contribution >= 0.6 is 0 Å². The molecule has 0 saturated carbocycles. The van der Waals surface area contributed by atoms with Gasteiger partial charge in [0, 0.05) is 32.7 Å². The van der Waals surface area contributed by atoms with Crippen molar-refractivity contribution >= 4 is 0 Å². The van der Waals surface area contributed by atoms with E-state index in [1.807, 2.05) is 30.3 Å². The molecule has 0 radical (unpaired) electrons. The molecular formula is C23H28FN3O. The number of piperazine rings is 1. The highest BCUT2D eigenvalue weighted by atomic mass is 19.1. The number of benzene rings is 2. The third-order valence-electron chi connectivity index (χ3n) is 5.28. The van der Waals surface area contributed by atoms with Crippen LogP contribution in [0.1, 0.15) is 24.3 Å². The summed E-state index contributed by atoms with van der Waals surface area (Å²) in [7, 11) is 0. The van der Waals surface area contributed by atoms with Crippen LogP contribution in [-0.4, -0.2) is 55.7 Å². The van der Waals surface area contributed by atoms with E-state index in [1.54, 1.807) is 12.1 Å². The second-order valence-electron chi connectivity index (χ2n) is 7.22. The van der Waals surface area contributed by atoms with Gasteiger partial charge in [-0.25, -0.2) is 4.39 Å². The lowest BCUT2D eigenvalue weighted by Crippen LogP contribution is -2.47. The van der Waals surface area contributed by atoms with Crippen molar-refractivity contribution in [2.24, 2.45) is 0 Å². The second-order valence-corrected chi connectivity index (χ2v) is 7.22. The van der Waals surface area contributed by atoms with Gasteiger partial charge in [0.15, 0.2) is 0 Å². The molecule has 5 heteroatoms. The molecule has 1 atom stereocenters. The van der Waals surface area contributed by atoms with Crippen molar-refractivity contribution in [2.75, 3.05) is 45.9 Å². The van der Waals surface area contributed by atoms with Crippen molar-refractivity contribution in [3.8, 4) is 11.8 Å². The molecule has 1 heterocycles. The van der Waals surface area contributed by atoms with Crippen molar-refractivity contribution < 1.29 is 9.13 Å². The largest absolute Gasteiger partial charge is 0.492 e. The van der Waals surface area contributed by atoms with Gasteiger partial charge in [-0.2, -0.15) is 5.26 Å². The molecule has 2 aromatic carbocycles. The summed E-state index contributed by atoms with van der Waals surface area (Å²) in [4.78, 5) is 4.89. The lowest BCUT2D eigenvalue weighted by atomic mass is 9.95. The van der Waals surface area contributed by atoms with Crippen molar-refractivity contribution in [2.45, 2.75) is 18.8 Å². The first kappa shape index (κ1) is 20.3. The van der Waals surface area contributed by atoms with Gasteiger partial charge in [-0.15, -0.1) is 0 Å². The maximum atomic E-state index is 12.9. The van der Waals surface area contributed by atoms with E-state index in [-0.39, 0.29) is 11.7 Å². The number of hydrogen-bond acceptors (Lipinski definition) is 4. The molecule has 1 unspecified atom stereocenters. The van der Waals surface area contributed by atoms with Gasteiger partial charge in [0.25, 0.3) is 0 Å². The van der Waals surface area contributed by atoms with Crippen LogP contribution in [0.25, 0.3) is 0 Å². The predicted octanol–water partition coefficient (Wildman–Crippen LogP) is 3.91. The molecule has 1 fully saturated rings. The standard InChI is InChI=1S/C23H28FN3O/c24-22-8-10-23(11-9-22)28-18-17-27-15-13-26(14-16-27)12-4-7-21(19-25)20-5-2-1-3-6-20/h1-3,5-6,8-11,21H,4,7,12-18H2. The molecule has 0 aliphatic carbocycles. The topological polar surface area (TPSA) is 39.5 Å². The molecule has 0 N–H and O–H groups in total. The summed E-state index contributed by atoms with van der Waals surface area (Å²) in [6, 6.07) is 18.7. The first-order valence-electron chi connectivity index (χ1n) is 10.0. The molecule has 28 heavy (non-hydrogen) atoms. The maximum Gasteiger partial charge on any atom is 0.123 e. The van der Waals surface area contributed by atoms with Crippen LogP contribution in [0.3, 0.4) is 0 Å². The predicted molar refractivity (Wildman–Crippen MR) is 109 cm³/mol. The molecule has 1 aliphatic heterocycles. The van der Waals surface area contributed by atoms with Crippen molar-refractivity contribution in [1.29, 1.82) is 5.26 Å². The Morgan fingerprint density at radius 2 is 1.57 bits per heavy atom. The van der Waals surface area contributed by atoms with Crippen LogP contribution in [0.15, 0.2) is 54.6 Å². The summed E-state index contributed by atoms with van der Waals surface area (Å²) < 4.78 is 18.6. The molecule has 0 amide bonds. The fraction of sp³-hybridized carbons (Fsp3) is 0.435. The molecular weight excluding hydrogens is 353 g/mol. The van der Waals surface area contributed by atoms with Gasteiger partial charge in [0.2, 0.25) is 0 Å². The van der Waals surface area contributed by atoms with Crippen LogP contribution in [-0.2, 0) is 0 Å². The van der Waals surface area contributed by atoms with Crippen LogP contribution in [0.5, 0.6) is 5.75 Å². The summed E-state index contributed by atoms with van der Waals surface area (Å²) >= 11 is 0. The minimum Gasteiger partial charge on any atom is -0.492 e. The minimum absolute atomic E-state index is 0.00824. The van der Waals surface area contributed by atoms with E-state index in [0.717, 1.165) is 57.7 Å². The Bertz CT molecular complexity index is 737. The Kier molecular flexibility index (Phi) is 7.83.